The Balaban J connectivity index is 0.00000114. The molecule has 0 spiro atoms. The van der Waals surface area contributed by atoms with Gasteiger partial charge in [0.05, 0.1) is 13.2 Å². The van der Waals surface area contributed by atoms with Crippen LogP contribution in [-0.4, -0.2) is 96.2 Å². The highest BCUT2D eigenvalue weighted by Crippen LogP contribution is 2.64. The molecular weight excluding hydrogens is 659 g/mol. The number of hydrogen-bond donors (Lipinski definition) is 0. The first-order chi connectivity index (χ1) is 17.3. The highest BCUT2D eigenvalue weighted by molar-refractivity contribution is 7.97. The number of ether oxygens (including phenoxy) is 1. The number of rotatable bonds is 10. The minimum atomic E-state index is -8.92. The lowest BCUT2D eigenvalue weighted by Gasteiger charge is -2.42. The molecule has 0 atom stereocenters. The Morgan fingerprint density at radius 2 is 1.00 bits per heavy atom. The summed E-state index contributed by atoms with van der Waals surface area (Å²) in [6.45, 7) is 3.66. The lowest BCUT2D eigenvalue weighted by Crippen LogP contribution is -2.75. The van der Waals surface area contributed by atoms with Crippen molar-refractivity contribution in [2.75, 3.05) is 30.5 Å². The van der Waals surface area contributed by atoms with Crippen LogP contribution in [0.4, 0.5) is 74.6 Å². The third-order valence-electron chi connectivity index (χ3n) is 4.80. The van der Waals surface area contributed by atoms with Crippen molar-refractivity contribution in [3.05, 3.63) is 0 Å². The zero-order valence-corrected chi connectivity index (χ0v) is 20.7. The molecule has 0 aromatic rings. The molecule has 0 aromatic heterocycles. The van der Waals surface area contributed by atoms with E-state index in [0.29, 0.717) is 23.1 Å². The molecule has 1 aliphatic rings. The zero-order valence-electron chi connectivity index (χ0n) is 19.0. The summed E-state index contributed by atoms with van der Waals surface area (Å²) in [5.41, 5.74) is 0. The summed E-state index contributed by atoms with van der Waals surface area (Å²) in [5, 5.41) is -7.95. The van der Waals surface area contributed by atoms with E-state index in [1.807, 2.05) is 6.92 Å². The van der Waals surface area contributed by atoms with Crippen LogP contribution in [0.25, 0.3) is 0 Å². The summed E-state index contributed by atoms with van der Waals surface area (Å²) >= 11 is 0. The van der Waals surface area contributed by atoms with Crippen LogP contribution in [0.5, 0.6) is 0 Å². The van der Waals surface area contributed by atoms with Gasteiger partial charge in [0.1, 0.15) is 11.5 Å². The smallest absolute Gasteiger partial charge is 0.460 e. The van der Waals surface area contributed by atoms with Gasteiger partial charge in [-0.2, -0.15) is 74.6 Å². The first kappa shape index (κ1) is 38.7. The van der Waals surface area contributed by atoms with Crippen LogP contribution in [0.2, 0.25) is 0 Å². The van der Waals surface area contributed by atoms with E-state index in [1.165, 1.54) is 0 Å². The van der Waals surface area contributed by atoms with Crippen LogP contribution in [0.15, 0.2) is 0 Å². The molecule has 1 saturated heterocycles. The molecule has 0 saturated carbocycles. The van der Waals surface area contributed by atoms with Crippen LogP contribution in [0.1, 0.15) is 13.3 Å². The summed E-state index contributed by atoms with van der Waals surface area (Å²) < 4.78 is 249. The Hall–Kier alpha value is -1.30. The van der Waals surface area contributed by atoms with Crippen molar-refractivity contribution in [3.63, 3.8) is 0 Å². The fraction of sp³-hybridized carbons (Fsp3) is 0.938. The first-order valence-electron chi connectivity index (χ1n) is 9.73. The van der Waals surface area contributed by atoms with E-state index < -0.39 is 57.1 Å². The molecule has 1 rings (SSSR count). The molecule has 40 heavy (non-hydrogen) atoms. The van der Waals surface area contributed by atoms with Crippen molar-refractivity contribution in [3.8, 4) is 0 Å². The number of carbonyl (C=O) groups excluding carboxylic acids is 1. The van der Waals surface area contributed by atoms with E-state index >= 15 is 0 Å². The minimum Gasteiger partial charge on any atom is -0.743 e. The second-order valence-corrected chi connectivity index (χ2v) is 11.3. The molecule has 5 nitrogen and oxygen atoms in total. The van der Waals surface area contributed by atoms with Gasteiger partial charge in [-0.3, -0.25) is 4.79 Å². The Bertz CT molecular complexity index is 988. The van der Waals surface area contributed by atoms with Gasteiger partial charge in [0, 0.05) is 6.42 Å². The average molecular weight is 674 g/mol. The normalized spacial score (nSPS) is 17.8. The largest absolute Gasteiger partial charge is 0.743 e. The van der Waals surface area contributed by atoms with Crippen molar-refractivity contribution in [1.82, 2.24) is 0 Å². The number of halogens is 17. The van der Waals surface area contributed by atoms with Gasteiger partial charge in [-0.05, 0) is 10.9 Å². The van der Waals surface area contributed by atoms with Crippen LogP contribution in [0, 0.1) is 0 Å². The maximum absolute atomic E-state index is 13.0. The lowest BCUT2D eigenvalue weighted by molar-refractivity contribution is -0.458. The molecule has 240 valence electrons. The van der Waals surface area contributed by atoms with Crippen molar-refractivity contribution < 1.29 is 97.1 Å². The molecule has 0 unspecified atom stereocenters. The number of Topliss-reactive ketones (excluding diaryl/α,β-unsaturated/α-hetero) is 1. The van der Waals surface area contributed by atoms with E-state index in [2.05, 4.69) is 0 Å². The maximum atomic E-state index is 13.0. The SMILES string of the molecule is CCC(=O)C[S+]1CCOCC1.O=S(=O)([O-])C(F)(F)C(F)(F)C(F)(F)C(F)(F)C(F)(F)C(F)(F)C(F)(F)C(F)(F)F. The predicted octanol–water partition coefficient (Wildman–Crippen LogP) is 5.11. The third-order valence-corrected chi connectivity index (χ3v) is 7.90. The van der Waals surface area contributed by atoms with E-state index in [4.69, 9.17) is 4.74 Å². The van der Waals surface area contributed by atoms with Crippen molar-refractivity contribution in [1.29, 1.82) is 0 Å². The Labute approximate surface area is 215 Å². The van der Waals surface area contributed by atoms with Gasteiger partial charge < -0.3 is 9.29 Å². The van der Waals surface area contributed by atoms with Gasteiger partial charge >= 0.3 is 47.0 Å². The average Bonchev–Trinajstić information content (AvgIpc) is 2.77. The van der Waals surface area contributed by atoms with Crippen LogP contribution < -0.4 is 0 Å². The van der Waals surface area contributed by atoms with Crippen molar-refractivity contribution >= 4 is 26.8 Å². The zero-order chi connectivity index (χ0) is 32.6. The number of ketones is 1. The maximum Gasteiger partial charge on any atom is 0.460 e. The summed E-state index contributed by atoms with van der Waals surface area (Å²) in [6.07, 6.45) is -7.19. The standard InChI is InChI=1S/C8HF17O3S.C8H15O2S/c9-1(10,3(13,14)5(17,18)7(21,22)23)2(11,12)4(15,16)6(19,20)8(24,25)29(26,27)28;1-2-8(9)7-11-5-3-10-4-6-11/h(H,26,27,28);2-7H2,1H3/q;+1/p-1. The second kappa shape index (κ2) is 11.8. The lowest BCUT2D eigenvalue weighted by atomic mass is 9.91. The topological polar surface area (TPSA) is 83.5 Å². The summed E-state index contributed by atoms with van der Waals surface area (Å²) in [5.74, 6) is -48.7. The summed E-state index contributed by atoms with van der Waals surface area (Å²) in [4.78, 5) is 11.0. The van der Waals surface area contributed by atoms with Crippen molar-refractivity contribution in [2.24, 2.45) is 0 Å². The Morgan fingerprint density at radius 1 is 0.675 bits per heavy atom. The summed E-state index contributed by atoms with van der Waals surface area (Å²) in [7, 11) is -7.79. The Morgan fingerprint density at radius 3 is 1.30 bits per heavy atom. The van der Waals surface area contributed by atoms with Crippen LogP contribution in [-0.2, 0) is 30.5 Å². The molecule has 0 aromatic carbocycles. The quantitative estimate of drug-likeness (QED) is 0.183. The predicted molar refractivity (Wildman–Crippen MR) is 98.5 cm³/mol. The van der Waals surface area contributed by atoms with Gasteiger partial charge in [-0.15, -0.1) is 0 Å². The molecule has 0 aliphatic carbocycles. The molecule has 0 radical (unpaired) electrons. The minimum absolute atomic E-state index is 0.351. The van der Waals surface area contributed by atoms with Crippen molar-refractivity contribution in [2.45, 2.75) is 60.3 Å². The van der Waals surface area contributed by atoms with Gasteiger partial charge in [0.15, 0.2) is 21.7 Å². The molecule has 1 heterocycles. The van der Waals surface area contributed by atoms with E-state index in [0.717, 1.165) is 30.5 Å². The van der Waals surface area contributed by atoms with Crippen LogP contribution >= 0.6 is 0 Å². The van der Waals surface area contributed by atoms with Gasteiger partial charge in [-0.1, -0.05) is 6.92 Å². The second-order valence-electron chi connectivity index (χ2n) is 7.58. The van der Waals surface area contributed by atoms with Crippen LogP contribution in [0.3, 0.4) is 0 Å². The number of hydrogen-bond acceptors (Lipinski definition) is 5. The van der Waals surface area contributed by atoms with E-state index in [-0.39, 0.29) is 0 Å². The van der Waals surface area contributed by atoms with E-state index in [9.17, 15) is 92.4 Å². The fourth-order valence-electron chi connectivity index (χ4n) is 2.34. The highest BCUT2D eigenvalue weighted by atomic mass is 32.2. The number of carbonyl (C=O) groups is 1. The Kier molecular flexibility index (Phi) is 11.4. The monoisotopic (exact) mass is 674 g/mol. The molecular formula is C16H15F17O5S2. The first-order valence-corrected chi connectivity index (χ1v) is 12.9. The van der Waals surface area contributed by atoms with Gasteiger partial charge in [-0.25, -0.2) is 8.42 Å². The highest BCUT2D eigenvalue weighted by Gasteiger charge is 2.95. The van der Waals surface area contributed by atoms with E-state index in [1.54, 1.807) is 0 Å². The molecule has 1 fully saturated rings. The van der Waals surface area contributed by atoms with Gasteiger partial charge in [0.25, 0.3) is 0 Å². The fourth-order valence-corrected chi connectivity index (χ4v) is 4.64. The molecule has 24 heteroatoms. The number of alkyl halides is 17. The molecule has 0 amide bonds. The molecule has 1 aliphatic heterocycles. The molecule has 0 N–H and O–H groups in total. The molecule has 0 bridgehead atoms. The summed E-state index contributed by atoms with van der Waals surface area (Å²) in [6, 6.07) is 0. The van der Waals surface area contributed by atoms with Gasteiger partial charge in [0.2, 0.25) is 0 Å². The third kappa shape index (κ3) is 6.52.